The first-order chi connectivity index (χ1) is 66.4. The van der Waals surface area contributed by atoms with Gasteiger partial charge in [-0.3, -0.25) is 0 Å². The number of esters is 2. The number of carbonyl (C=O) groups excluding carboxylic acids is 2. The molecule has 16 aromatic rings. The number of hydrogen-bond donors (Lipinski definition) is 4. The monoisotopic (exact) mass is 2020 g/mol. The third-order valence-electron chi connectivity index (χ3n) is 24.5. The van der Waals surface area contributed by atoms with E-state index in [0.29, 0.717) is 101 Å². The van der Waals surface area contributed by atoms with Crippen molar-refractivity contribution in [3.63, 3.8) is 0 Å². The summed E-state index contributed by atoms with van der Waals surface area (Å²) in [4.78, 5) is 90.8. The molecule has 0 unspecified atom stereocenters. The molecular weight excluding hydrogens is 1920 g/mol. The van der Waals surface area contributed by atoms with Crippen molar-refractivity contribution in [1.29, 1.82) is 0 Å². The predicted molar refractivity (Wildman–Crippen MR) is 542 cm³/mol. The van der Waals surface area contributed by atoms with E-state index in [1.54, 1.807) is 97.1 Å². The number of aliphatic hydroxyl groups excluding tert-OH is 1. The molecule has 22 nitrogen and oxygen atoms in total. The average Bonchev–Trinajstić information content (AvgIpc) is 0.767. The number of hydrogen-bond acceptors (Lipinski definition) is 20. The second-order valence-corrected chi connectivity index (χ2v) is 35.1. The van der Waals surface area contributed by atoms with E-state index < -0.39 is 23.9 Å². The summed E-state index contributed by atoms with van der Waals surface area (Å²) in [5.41, 5.74) is 16.2. The van der Waals surface area contributed by atoms with Gasteiger partial charge in [0.05, 0.1) is 80.6 Å². The minimum absolute atomic E-state index is 0. The minimum atomic E-state index is -1.02. The summed E-state index contributed by atoms with van der Waals surface area (Å²) in [7, 11) is 3.66. The van der Waals surface area contributed by atoms with E-state index in [1.807, 2.05) is 48.5 Å². The molecule has 12 aromatic carbocycles. The number of ether oxygens (including phenoxy) is 2. The van der Waals surface area contributed by atoms with Crippen LogP contribution in [0.3, 0.4) is 0 Å². The number of halogens is 10. The van der Waals surface area contributed by atoms with Crippen LogP contribution in [0.25, 0.3) is 89.2 Å². The molecule has 0 bridgehead atoms. The van der Waals surface area contributed by atoms with Crippen molar-refractivity contribution >= 4 is 156 Å². The molecule has 0 radical (unpaired) electrons. The van der Waals surface area contributed by atoms with Gasteiger partial charge in [-0.15, -0.1) is 12.4 Å². The quantitative estimate of drug-likeness (QED) is 0.0421. The zero-order chi connectivity index (χ0) is 96.3. The SMILES string of the molecule is CO.COC(=O)c1ccc2nc(Cl)c(-c3ccc(F)cc3)nc2c1.COC(=O)c1ccc2nc(N3CCC(c4ccc(Cl)cc4)CC3)c(-c3ccc(F)cc3)nc2c1.Cl.Clc1ccc(C2CCNCC2)cc1.O=C(O)c1ccc2nc(N3CCC(c4ccc(Cl)cc4)CC3)c(-c3ccc(F)cc3)nc2c1.O=C(O)c1ccc2nc(N3CCC(c4ccc(Cl)cc4)CC3)c(-c3ccc(F)cc3)nc2c1.[Na+].[OH-]. The van der Waals surface area contributed by atoms with E-state index in [2.05, 4.69) is 83.3 Å². The first-order valence-corrected chi connectivity index (χ1v) is 46.3. The fourth-order valence-corrected chi connectivity index (χ4v) is 17.9. The molecule has 4 aliphatic heterocycles. The van der Waals surface area contributed by atoms with Gasteiger partial charge in [-0.2, -0.15) is 0 Å². The normalized spacial score (nSPS) is 13.8. The maximum absolute atomic E-state index is 13.6. The van der Waals surface area contributed by atoms with Crippen LogP contribution in [-0.2, 0) is 9.47 Å². The Morgan fingerprint density at radius 3 is 0.800 bits per heavy atom. The molecule has 714 valence electrons. The standard InChI is InChI=1S/C27H23ClFN3O2.2C26H21ClFN3O2.C16H10ClFN2O2.C11H14ClN.CH4O.ClH.Na.H2O/c1-34-27(33)20-6-11-23-24(16-20)30-25(19-4-9-22(29)10-5-19)26(31-23)32-14-12-18(13-15-32)17-2-7-21(28)8-3-17;2*27-20-6-1-16(2-7-20)17-11-13-31(14-12-17)25-24(18-3-8-21(28)9-4-18)29-23-15-19(26(32)33)5-10-22(23)30-25;1-22-16(21)10-4-7-12-13(8-10)19-14(15(17)20-12)9-2-5-11(18)6-3-9;12-11-3-1-9(2-4-11)10-5-7-13-8-6-10;1-2;;;/h2-11,16,18H,12-15H2,1H3;2*1-10,15,17H,11-14H2,(H,32,33);2-8H,1H3;1-4,10,13H,5-8H2;2H,1H3;1H;;1H2/q;;;;;;;+1;/p-1. The number of carboxylic acid groups (broad SMARTS) is 2. The van der Waals surface area contributed by atoms with Crippen molar-refractivity contribution in [1.82, 2.24) is 45.2 Å². The second-order valence-electron chi connectivity index (χ2n) is 33.0. The summed E-state index contributed by atoms with van der Waals surface area (Å²) in [6.07, 6.45) is 8.30. The molecule has 8 heterocycles. The number of rotatable bonds is 15. The number of nitrogens with zero attached hydrogens (tertiary/aromatic N) is 11. The second kappa shape index (κ2) is 50.1. The van der Waals surface area contributed by atoms with Crippen LogP contribution in [0.15, 0.2) is 267 Å². The Hall–Kier alpha value is -12.4. The van der Waals surface area contributed by atoms with Crippen molar-refractivity contribution in [2.75, 3.05) is 88.4 Å². The number of benzene rings is 12. The maximum Gasteiger partial charge on any atom is 1.00 e. The van der Waals surface area contributed by atoms with Gasteiger partial charge < -0.3 is 50.3 Å². The predicted octanol–water partition coefficient (Wildman–Crippen LogP) is 22.1. The van der Waals surface area contributed by atoms with Crippen LogP contribution in [0, 0.1) is 23.3 Å². The fourth-order valence-electron chi connectivity index (χ4n) is 17.1. The van der Waals surface area contributed by atoms with Gasteiger partial charge in [0.1, 0.15) is 46.0 Å². The van der Waals surface area contributed by atoms with Gasteiger partial charge in [0, 0.05) is 88.7 Å². The molecule has 5 N–H and O–H groups in total. The zero-order valence-electron chi connectivity index (χ0n) is 76.5. The van der Waals surface area contributed by atoms with Gasteiger partial charge in [-0.1, -0.05) is 107 Å². The Labute approximate surface area is 859 Å². The number of nitrogens with one attached hydrogen (secondary N) is 1. The van der Waals surface area contributed by atoms with Gasteiger partial charge in [0.15, 0.2) is 22.6 Å². The molecule has 0 spiro atoms. The number of aromatic carboxylic acids is 2. The van der Waals surface area contributed by atoms with Crippen molar-refractivity contribution in [2.24, 2.45) is 0 Å². The largest absolute Gasteiger partial charge is 1.00 e. The first kappa shape index (κ1) is 106. The number of carboxylic acids is 2. The molecule has 4 aliphatic rings. The molecule has 140 heavy (non-hydrogen) atoms. The van der Waals surface area contributed by atoms with Crippen molar-refractivity contribution in [3.8, 4) is 45.0 Å². The average molecular weight is 2020 g/mol. The van der Waals surface area contributed by atoms with Gasteiger partial charge in [0.2, 0.25) is 0 Å². The Morgan fingerprint density at radius 1 is 0.314 bits per heavy atom. The van der Waals surface area contributed by atoms with Crippen LogP contribution >= 0.6 is 70.4 Å². The van der Waals surface area contributed by atoms with Crippen LogP contribution in [0.5, 0.6) is 0 Å². The molecular formula is C107H95Cl6F4N12NaO10. The van der Waals surface area contributed by atoms with E-state index >= 15 is 0 Å². The summed E-state index contributed by atoms with van der Waals surface area (Å²) in [5, 5.41) is 32.3. The summed E-state index contributed by atoms with van der Waals surface area (Å²) in [6.45, 7) is 7.14. The molecule has 4 saturated heterocycles. The Kier molecular flexibility index (Phi) is 38.1. The molecule has 0 atom stereocenters. The Balaban J connectivity index is 0.000000159. The molecule has 20 rings (SSSR count). The fraction of sp³-hybridized carbons (Fsp3) is 0.215. The number of aromatic nitrogens is 8. The van der Waals surface area contributed by atoms with E-state index in [0.717, 1.165) is 158 Å². The molecule has 0 aliphatic carbocycles. The van der Waals surface area contributed by atoms with E-state index in [-0.39, 0.29) is 87.0 Å². The van der Waals surface area contributed by atoms with Gasteiger partial charge >= 0.3 is 53.4 Å². The molecule has 4 aromatic heterocycles. The van der Waals surface area contributed by atoms with Gasteiger partial charge in [-0.05, 0) is 329 Å². The van der Waals surface area contributed by atoms with Crippen LogP contribution in [0.1, 0.15) is 139 Å². The summed E-state index contributed by atoms with van der Waals surface area (Å²) in [5.74, 6) is 0.0662. The minimum Gasteiger partial charge on any atom is -0.870 e. The van der Waals surface area contributed by atoms with E-state index in [4.69, 9.17) is 97.8 Å². The molecule has 4 fully saturated rings. The van der Waals surface area contributed by atoms with Crippen LogP contribution in [-0.4, -0.2) is 158 Å². The van der Waals surface area contributed by atoms with Crippen LogP contribution in [0.4, 0.5) is 35.0 Å². The van der Waals surface area contributed by atoms with E-state index in [1.165, 1.54) is 122 Å². The number of methoxy groups -OCH3 is 2. The number of carbonyl (C=O) groups is 4. The summed E-state index contributed by atoms with van der Waals surface area (Å²) >= 11 is 30.1. The third kappa shape index (κ3) is 26.8. The molecule has 0 amide bonds. The van der Waals surface area contributed by atoms with E-state index in [9.17, 15) is 47.0 Å². The Bertz CT molecular complexity index is 6760. The molecule has 0 saturated carbocycles. The van der Waals surface area contributed by atoms with Crippen molar-refractivity contribution < 1.29 is 96.6 Å². The summed E-state index contributed by atoms with van der Waals surface area (Å²) in [6, 6.07) is 76.2. The van der Waals surface area contributed by atoms with Gasteiger partial charge in [-0.25, -0.2) is 76.6 Å². The van der Waals surface area contributed by atoms with Gasteiger partial charge in [0.25, 0.3) is 0 Å². The topological polar surface area (TPSA) is 302 Å². The number of fused-ring (bicyclic) bond motifs is 4. The maximum atomic E-state index is 13.6. The summed E-state index contributed by atoms with van der Waals surface area (Å²) < 4.78 is 63.3. The number of anilines is 3. The molecule has 33 heteroatoms. The number of aliphatic hydroxyl groups is 1. The first-order valence-electron chi connectivity index (χ1n) is 44.4. The van der Waals surface area contributed by atoms with Crippen molar-refractivity contribution in [3.05, 3.63) is 360 Å². The number of piperidine rings is 4. The zero-order valence-corrected chi connectivity index (χ0v) is 83.1. The van der Waals surface area contributed by atoms with Crippen LogP contribution in [0.2, 0.25) is 25.2 Å². The Morgan fingerprint density at radius 2 is 0.543 bits per heavy atom. The smallest absolute Gasteiger partial charge is 0.870 e. The van der Waals surface area contributed by atoms with Crippen molar-refractivity contribution in [2.45, 2.75) is 75.0 Å². The third-order valence-corrected chi connectivity index (χ3v) is 25.7. The van der Waals surface area contributed by atoms with Crippen LogP contribution < -0.4 is 49.6 Å².